The van der Waals surface area contributed by atoms with E-state index in [0.29, 0.717) is 12.4 Å². The minimum Gasteiger partial charge on any atom is -0.465 e. The number of hydrogen-bond acceptors (Lipinski definition) is 5. The lowest BCUT2D eigenvalue weighted by molar-refractivity contribution is -0.143. The average molecular weight is 357 g/mol. The maximum Gasteiger partial charge on any atom is 0.325 e. The van der Waals surface area contributed by atoms with E-state index in [0.717, 1.165) is 41.4 Å². The number of nitrogens with one attached hydrogen (secondary N) is 1. The molecule has 1 aliphatic rings. The Morgan fingerprint density at radius 2 is 2.35 bits per heavy atom. The van der Waals surface area contributed by atoms with Gasteiger partial charge in [-0.25, -0.2) is 4.39 Å². The molecule has 0 saturated heterocycles. The van der Waals surface area contributed by atoms with Crippen LogP contribution in [0, 0.1) is 5.82 Å². The van der Waals surface area contributed by atoms with Crippen LogP contribution in [0.5, 0.6) is 0 Å². The number of aromatic nitrogens is 2. The summed E-state index contributed by atoms with van der Waals surface area (Å²) in [6.45, 7) is 2.28. The number of anilines is 1. The Bertz CT molecular complexity index is 933. The zero-order chi connectivity index (χ0) is 18.1. The number of carbonyl (C=O) groups excluding carboxylic acids is 1. The number of rotatable bonds is 5. The Morgan fingerprint density at radius 3 is 3.12 bits per heavy atom. The van der Waals surface area contributed by atoms with E-state index in [-0.39, 0.29) is 24.4 Å². The van der Waals surface area contributed by atoms with Crippen LogP contribution in [0.25, 0.3) is 10.9 Å². The predicted molar refractivity (Wildman–Crippen MR) is 94.5 cm³/mol. The van der Waals surface area contributed by atoms with E-state index in [9.17, 15) is 9.18 Å². The third-order valence-electron chi connectivity index (χ3n) is 4.81. The molecule has 1 atom stereocenters. The molecule has 1 aliphatic carbocycles. The fourth-order valence-corrected chi connectivity index (χ4v) is 3.76. The molecule has 0 spiro atoms. The number of halogens is 1. The molecule has 26 heavy (non-hydrogen) atoms. The Hall–Kier alpha value is -2.83. The van der Waals surface area contributed by atoms with Gasteiger partial charge in [0.2, 0.25) is 0 Å². The van der Waals surface area contributed by atoms with Gasteiger partial charge in [-0.2, -0.15) is 0 Å². The smallest absolute Gasteiger partial charge is 0.325 e. The maximum absolute atomic E-state index is 13.9. The molecule has 0 aliphatic heterocycles. The highest BCUT2D eigenvalue weighted by molar-refractivity contribution is 5.87. The summed E-state index contributed by atoms with van der Waals surface area (Å²) < 4.78 is 25.8. The summed E-state index contributed by atoms with van der Waals surface area (Å²) in [5.41, 5.74) is 3.03. The molecule has 0 amide bonds. The zero-order valence-corrected chi connectivity index (χ0v) is 14.5. The second-order valence-corrected chi connectivity index (χ2v) is 6.45. The van der Waals surface area contributed by atoms with E-state index in [4.69, 9.17) is 9.26 Å². The molecule has 0 bridgehead atoms. The Balaban J connectivity index is 1.70. The van der Waals surface area contributed by atoms with Crippen LogP contribution < -0.4 is 5.32 Å². The van der Waals surface area contributed by atoms with Crippen molar-refractivity contribution in [1.82, 2.24) is 9.72 Å². The summed E-state index contributed by atoms with van der Waals surface area (Å²) >= 11 is 0. The van der Waals surface area contributed by atoms with E-state index in [2.05, 4.69) is 10.5 Å². The van der Waals surface area contributed by atoms with Crippen molar-refractivity contribution >= 4 is 22.7 Å². The van der Waals surface area contributed by atoms with Crippen LogP contribution in [0.1, 0.15) is 24.6 Å². The van der Waals surface area contributed by atoms with E-state index in [1.54, 1.807) is 25.1 Å². The van der Waals surface area contributed by atoms with Crippen LogP contribution in [0.3, 0.4) is 0 Å². The van der Waals surface area contributed by atoms with Crippen LogP contribution in [0.15, 0.2) is 35.1 Å². The second-order valence-electron chi connectivity index (χ2n) is 6.45. The normalized spacial score (nSPS) is 16.5. The lowest BCUT2D eigenvalue weighted by Gasteiger charge is -2.24. The van der Waals surface area contributed by atoms with Gasteiger partial charge in [0.1, 0.15) is 18.6 Å². The lowest BCUT2D eigenvalue weighted by atomic mass is 9.91. The van der Waals surface area contributed by atoms with Gasteiger partial charge in [0, 0.05) is 28.7 Å². The van der Waals surface area contributed by atoms with E-state index >= 15 is 0 Å². The molecule has 4 rings (SSSR count). The number of hydrogen-bond donors (Lipinski definition) is 1. The van der Waals surface area contributed by atoms with Crippen LogP contribution in [-0.2, 0) is 28.9 Å². The van der Waals surface area contributed by atoms with Crippen LogP contribution in [-0.4, -0.2) is 28.3 Å². The van der Waals surface area contributed by atoms with Crippen LogP contribution >= 0.6 is 0 Å². The van der Waals surface area contributed by atoms with Gasteiger partial charge in [0.05, 0.1) is 6.61 Å². The van der Waals surface area contributed by atoms with Crippen molar-refractivity contribution in [3.8, 4) is 0 Å². The van der Waals surface area contributed by atoms with Crippen molar-refractivity contribution in [3.05, 3.63) is 47.6 Å². The first-order chi connectivity index (χ1) is 12.7. The summed E-state index contributed by atoms with van der Waals surface area (Å²) in [6, 6.07) is 6.67. The molecule has 1 unspecified atom stereocenters. The first-order valence-corrected chi connectivity index (χ1v) is 8.77. The number of nitrogens with zero attached hydrogens (tertiary/aromatic N) is 2. The van der Waals surface area contributed by atoms with Crippen LogP contribution in [0.2, 0.25) is 0 Å². The molecule has 6 nitrogen and oxygen atoms in total. The number of carbonyl (C=O) groups is 1. The summed E-state index contributed by atoms with van der Waals surface area (Å²) in [4.78, 5) is 12.0. The van der Waals surface area contributed by atoms with Gasteiger partial charge >= 0.3 is 5.97 Å². The van der Waals surface area contributed by atoms with Gasteiger partial charge in [-0.3, -0.25) is 4.79 Å². The molecule has 3 aromatic rings. The molecule has 7 heteroatoms. The SMILES string of the molecule is CCOC(=O)Cn1c2c(c3cc(F)ccc31)CC(Nc1ccon1)CC2. The van der Waals surface area contributed by atoms with E-state index in [1.165, 1.54) is 12.3 Å². The highest BCUT2D eigenvalue weighted by atomic mass is 19.1. The minimum absolute atomic E-state index is 0.146. The van der Waals surface area contributed by atoms with Crippen LogP contribution in [0.4, 0.5) is 10.2 Å². The Labute approximate surface area is 149 Å². The van der Waals surface area contributed by atoms with Crippen molar-refractivity contribution in [2.24, 2.45) is 0 Å². The van der Waals surface area contributed by atoms with Gasteiger partial charge in [0.15, 0.2) is 5.82 Å². The zero-order valence-electron chi connectivity index (χ0n) is 14.5. The summed E-state index contributed by atoms with van der Waals surface area (Å²) in [6.07, 6.45) is 3.94. The first-order valence-electron chi connectivity index (χ1n) is 8.77. The first kappa shape index (κ1) is 16.6. The highest BCUT2D eigenvalue weighted by Crippen LogP contribution is 2.33. The lowest BCUT2D eigenvalue weighted by Crippen LogP contribution is -2.28. The summed E-state index contributed by atoms with van der Waals surface area (Å²) in [5, 5.41) is 8.10. The van der Waals surface area contributed by atoms with Crippen molar-refractivity contribution in [1.29, 1.82) is 0 Å². The van der Waals surface area contributed by atoms with Crippen molar-refractivity contribution in [2.45, 2.75) is 38.8 Å². The van der Waals surface area contributed by atoms with Crippen molar-refractivity contribution < 1.29 is 18.4 Å². The largest absolute Gasteiger partial charge is 0.465 e. The fraction of sp³-hybridized carbons (Fsp3) is 0.368. The number of esters is 1. The maximum atomic E-state index is 13.9. The Kier molecular flexibility index (Phi) is 4.36. The quantitative estimate of drug-likeness (QED) is 0.710. The van der Waals surface area contributed by atoms with Gasteiger partial charge in [0.25, 0.3) is 0 Å². The van der Waals surface area contributed by atoms with Gasteiger partial charge in [-0.1, -0.05) is 5.16 Å². The number of benzene rings is 1. The molecule has 2 aromatic heterocycles. The van der Waals surface area contributed by atoms with Gasteiger partial charge < -0.3 is 19.1 Å². The van der Waals surface area contributed by atoms with E-state index < -0.39 is 0 Å². The molecule has 0 saturated carbocycles. The standard InChI is InChI=1S/C19H20FN3O3/c1-2-25-19(24)11-23-16-5-3-12(20)9-14(16)15-10-13(4-6-17(15)23)21-18-7-8-26-22-18/h3,5,7-9,13H,2,4,6,10-11H2,1H3,(H,21,22). The second kappa shape index (κ2) is 6.82. The molecule has 1 N–H and O–H groups in total. The van der Waals surface area contributed by atoms with Crippen molar-refractivity contribution in [2.75, 3.05) is 11.9 Å². The molecule has 0 radical (unpaired) electrons. The average Bonchev–Trinajstić information content (AvgIpc) is 3.22. The topological polar surface area (TPSA) is 69.3 Å². The molecular weight excluding hydrogens is 337 g/mol. The monoisotopic (exact) mass is 357 g/mol. The molecular formula is C19H20FN3O3. The molecule has 136 valence electrons. The summed E-state index contributed by atoms with van der Waals surface area (Å²) in [5.74, 6) is 0.138. The molecule has 0 fully saturated rings. The minimum atomic E-state index is -0.278. The Morgan fingerprint density at radius 1 is 1.46 bits per heavy atom. The number of ether oxygens (including phenoxy) is 1. The van der Waals surface area contributed by atoms with Gasteiger partial charge in [-0.15, -0.1) is 0 Å². The van der Waals surface area contributed by atoms with Gasteiger partial charge in [-0.05, 0) is 49.9 Å². The third kappa shape index (κ3) is 3.05. The number of fused-ring (bicyclic) bond motifs is 3. The fourth-order valence-electron chi connectivity index (χ4n) is 3.76. The highest BCUT2D eigenvalue weighted by Gasteiger charge is 2.27. The van der Waals surface area contributed by atoms with E-state index in [1.807, 2.05) is 4.57 Å². The molecule has 2 heterocycles. The summed E-state index contributed by atoms with van der Waals surface area (Å²) in [7, 11) is 0. The predicted octanol–water partition coefficient (Wildman–Crippen LogP) is 3.30. The molecule has 1 aromatic carbocycles. The van der Waals surface area contributed by atoms with Crippen molar-refractivity contribution in [3.63, 3.8) is 0 Å². The third-order valence-corrected chi connectivity index (χ3v) is 4.81.